The van der Waals surface area contributed by atoms with Crippen LogP contribution in [0.5, 0.6) is 0 Å². The average molecular weight is 305 g/mol. The number of hydrogen-bond donors (Lipinski definition) is 0. The first-order valence-corrected chi connectivity index (χ1v) is 7.78. The smallest absolute Gasteiger partial charge is 0.217 e. The largest absolute Gasteiger partial charge is 0.294 e. The van der Waals surface area contributed by atoms with Crippen LogP contribution in [0.1, 0.15) is 22.6 Å². The summed E-state index contributed by atoms with van der Waals surface area (Å²) in [6, 6.07) is 19.0. The summed E-state index contributed by atoms with van der Waals surface area (Å²) in [6.45, 7) is 2.43. The molecule has 2 aromatic rings. The van der Waals surface area contributed by atoms with E-state index < -0.39 is 5.78 Å². The summed E-state index contributed by atoms with van der Waals surface area (Å²) in [4.78, 5) is 23.7. The Morgan fingerprint density at radius 1 is 1.09 bits per heavy atom. The molecule has 0 aromatic heterocycles. The topological polar surface area (TPSA) is 37.4 Å². The summed E-state index contributed by atoms with van der Waals surface area (Å²) in [5.74, 6) is -0.154. The molecule has 1 aliphatic heterocycles. The van der Waals surface area contributed by atoms with Crippen LogP contribution in [-0.2, 0) is 16.1 Å². The van der Waals surface area contributed by atoms with Gasteiger partial charge in [0.2, 0.25) is 5.78 Å². The molecule has 0 saturated carbocycles. The normalized spacial score (nSPS) is 17.8. The summed E-state index contributed by atoms with van der Waals surface area (Å²) >= 11 is 0. The second kappa shape index (κ2) is 7.16. The van der Waals surface area contributed by atoms with E-state index in [1.165, 1.54) is 22.8 Å². The summed E-state index contributed by atoms with van der Waals surface area (Å²) in [7, 11) is 0. The van der Waals surface area contributed by atoms with Gasteiger partial charge in [0.1, 0.15) is 0 Å². The van der Waals surface area contributed by atoms with E-state index in [0.29, 0.717) is 18.7 Å². The Balaban J connectivity index is 1.83. The molecule has 0 unspecified atom stereocenters. The minimum Gasteiger partial charge on any atom is -0.294 e. The quantitative estimate of drug-likeness (QED) is 0.484. The summed E-state index contributed by atoms with van der Waals surface area (Å²) in [5, 5.41) is 0. The van der Waals surface area contributed by atoms with Gasteiger partial charge in [-0.15, -0.1) is 0 Å². The number of fused-ring (bicyclic) bond motifs is 1. The molecule has 0 bridgehead atoms. The van der Waals surface area contributed by atoms with Gasteiger partial charge in [-0.3, -0.25) is 14.5 Å². The zero-order valence-corrected chi connectivity index (χ0v) is 12.9. The molecule has 1 atom stereocenters. The van der Waals surface area contributed by atoms with Crippen molar-refractivity contribution in [3.05, 3.63) is 83.4 Å². The van der Waals surface area contributed by atoms with Crippen molar-refractivity contribution in [1.82, 2.24) is 4.90 Å². The Hall–Kier alpha value is -2.52. The monoisotopic (exact) mass is 305 g/mol. The van der Waals surface area contributed by atoms with Crippen LogP contribution in [0.3, 0.4) is 0 Å². The highest BCUT2D eigenvalue weighted by molar-refractivity contribution is 6.30. The number of carbonyl (C=O) groups is 2. The lowest BCUT2D eigenvalue weighted by molar-refractivity contribution is -0.126. The Labute approximate surface area is 136 Å². The Morgan fingerprint density at radius 2 is 1.83 bits per heavy atom. The van der Waals surface area contributed by atoms with Crippen LogP contribution in [0.25, 0.3) is 0 Å². The molecule has 0 aliphatic carbocycles. The van der Waals surface area contributed by atoms with Crippen LogP contribution in [0.2, 0.25) is 0 Å². The maximum absolute atomic E-state index is 11.1. The van der Waals surface area contributed by atoms with Crippen LogP contribution in [0.4, 0.5) is 0 Å². The van der Waals surface area contributed by atoms with Crippen molar-refractivity contribution < 1.29 is 9.59 Å². The van der Waals surface area contributed by atoms with Gasteiger partial charge in [0, 0.05) is 25.6 Å². The van der Waals surface area contributed by atoms with Crippen LogP contribution >= 0.6 is 0 Å². The van der Waals surface area contributed by atoms with Gasteiger partial charge in [-0.05, 0) is 22.8 Å². The first-order valence-electron chi connectivity index (χ1n) is 7.78. The van der Waals surface area contributed by atoms with Gasteiger partial charge in [-0.25, -0.2) is 0 Å². The molecule has 0 N–H and O–H groups in total. The molecule has 0 fully saturated rings. The zero-order valence-electron chi connectivity index (χ0n) is 12.9. The van der Waals surface area contributed by atoms with Crippen molar-refractivity contribution >= 4 is 12.1 Å². The van der Waals surface area contributed by atoms with E-state index in [1.54, 1.807) is 6.08 Å². The van der Waals surface area contributed by atoms with Gasteiger partial charge in [-0.2, -0.15) is 0 Å². The summed E-state index contributed by atoms with van der Waals surface area (Å²) in [5.41, 5.74) is 4.00. The molecule has 3 nitrogen and oxygen atoms in total. The molecule has 0 spiro atoms. The molecule has 3 rings (SSSR count). The summed E-state index contributed by atoms with van der Waals surface area (Å²) < 4.78 is 0. The highest BCUT2D eigenvalue weighted by atomic mass is 16.2. The van der Waals surface area contributed by atoms with E-state index in [0.717, 1.165) is 13.1 Å². The molecule has 3 heteroatoms. The van der Waals surface area contributed by atoms with E-state index in [1.807, 2.05) is 6.07 Å². The lowest BCUT2D eigenvalue weighted by Crippen LogP contribution is -2.34. The number of aldehydes is 1. The fourth-order valence-corrected chi connectivity index (χ4v) is 3.15. The second-order valence-electron chi connectivity index (χ2n) is 5.78. The molecule has 1 heterocycles. The predicted molar refractivity (Wildman–Crippen MR) is 90.2 cm³/mol. The number of carbonyl (C=O) groups excluding carboxylic acids is 2. The van der Waals surface area contributed by atoms with E-state index in [4.69, 9.17) is 0 Å². The number of benzene rings is 2. The number of rotatable bonds is 5. The lowest BCUT2D eigenvalue weighted by atomic mass is 9.85. The molecule has 2 aromatic carbocycles. The zero-order chi connectivity index (χ0) is 16.1. The third-order valence-corrected chi connectivity index (χ3v) is 4.23. The van der Waals surface area contributed by atoms with E-state index in [2.05, 4.69) is 53.4 Å². The molecule has 1 aliphatic rings. The highest BCUT2D eigenvalue weighted by Gasteiger charge is 2.25. The molecule has 116 valence electrons. The Morgan fingerprint density at radius 3 is 2.61 bits per heavy atom. The van der Waals surface area contributed by atoms with Crippen LogP contribution in [-0.4, -0.2) is 30.1 Å². The van der Waals surface area contributed by atoms with Gasteiger partial charge in [0.25, 0.3) is 0 Å². The SMILES string of the molecule is O=CC(=O)/C=C/CN1Cc2ccccc2[C@@H](c2ccccc2)C1. The van der Waals surface area contributed by atoms with Gasteiger partial charge in [0.15, 0.2) is 6.29 Å². The maximum Gasteiger partial charge on any atom is 0.217 e. The van der Waals surface area contributed by atoms with E-state index in [9.17, 15) is 9.59 Å². The first kappa shape index (κ1) is 15.4. The second-order valence-corrected chi connectivity index (χ2v) is 5.78. The third kappa shape index (κ3) is 3.63. The fraction of sp³-hybridized carbons (Fsp3) is 0.200. The third-order valence-electron chi connectivity index (χ3n) is 4.23. The summed E-state index contributed by atoms with van der Waals surface area (Å²) in [6.07, 6.45) is 3.46. The van der Waals surface area contributed by atoms with Crippen LogP contribution in [0, 0.1) is 0 Å². The van der Waals surface area contributed by atoms with Crippen molar-refractivity contribution in [3.63, 3.8) is 0 Å². The average Bonchev–Trinajstić information content (AvgIpc) is 2.61. The van der Waals surface area contributed by atoms with Gasteiger partial charge in [-0.1, -0.05) is 60.7 Å². The van der Waals surface area contributed by atoms with E-state index in [-0.39, 0.29) is 0 Å². The molecule has 0 radical (unpaired) electrons. The van der Waals surface area contributed by atoms with Gasteiger partial charge < -0.3 is 0 Å². The number of allylic oxidation sites excluding steroid dienone is 1. The van der Waals surface area contributed by atoms with Crippen molar-refractivity contribution in [3.8, 4) is 0 Å². The molecule has 23 heavy (non-hydrogen) atoms. The van der Waals surface area contributed by atoms with Crippen molar-refractivity contribution in [1.29, 1.82) is 0 Å². The van der Waals surface area contributed by atoms with Crippen molar-refractivity contribution in [2.45, 2.75) is 12.5 Å². The number of nitrogens with zero attached hydrogens (tertiary/aromatic N) is 1. The lowest BCUT2D eigenvalue weighted by Gasteiger charge is -2.34. The molecular weight excluding hydrogens is 286 g/mol. The number of ketones is 1. The highest BCUT2D eigenvalue weighted by Crippen LogP contribution is 2.33. The minimum atomic E-state index is -0.484. The molecule has 0 saturated heterocycles. The molecule has 0 amide bonds. The maximum atomic E-state index is 11.1. The fourth-order valence-electron chi connectivity index (χ4n) is 3.15. The van der Waals surface area contributed by atoms with Gasteiger partial charge >= 0.3 is 0 Å². The molecular formula is C20H19NO2. The van der Waals surface area contributed by atoms with Crippen molar-refractivity contribution in [2.75, 3.05) is 13.1 Å². The predicted octanol–water partition coefficient (Wildman–Crippen LogP) is 2.96. The number of hydrogen-bond acceptors (Lipinski definition) is 3. The van der Waals surface area contributed by atoms with Crippen LogP contribution < -0.4 is 0 Å². The standard InChI is InChI=1S/C20H19NO2/c22-15-18(23)10-6-12-21-13-17-9-4-5-11-19(17)20(14-21)16-7-2-1-3-8-16/h1-11,15,20H,12-14H2/b10-6+/t20-/m1/s1. The van der Waals surface area contributed by atoms with Crippen LogP contribution in [0.15, 0.2) is 66.7 Å². The van der Waals surface area contributed by atoms with Gasteiger partial charge in [0.05, 0.1) is 0 Å². The Kier molecular flexibility index (Phi) is 4.79. The van der Waals surface area contributed by atoms with Crippen molar-refractivity contribution in [2.24, 2.45) is 0 Å². The van der Waals surface area contributed by atoms with E-state index >= 15 is 0 Å². The first-order chi connectivity index (χ1) is 11.3. The Bertz CT molecular complexity index is 721. The minimum absolute atomic E-state index is 0.330.